The number of aromatic nitrogens is 1. The largest absolute Gasteiger partial charge is 0.493 e. The highest BCUT2D eigenvalue weighted by Gasteiger charge is 2.15. The van der Waals surface area contributed by atoms with Gasteiger partial charge in [0.05, 0.1) is 24.1 Å². The summed E-state index contributed by atoms with van der Waals surface area (Å²) in [5, 5.41) is 19.7. The van der Waals surface area contributed by atoms with Crippen LogP contribution in [0.3, 0.4) is 0 Å². The van der Waals surface area contributed by atoms with Crippen molar-refractivity contribution < 1.29 is 24.1 Å². The van der Waals surface area contributed by atoms with Gasteiger partial charge in [-0.25, -0.2) is 0 Å². The molecule has 7 nitrogen and oxygen atoms in total. The molecule has 2 heterocycles. The average Bonchev–Trinajstić information content (AvgIpc) is 3.08. The van der Waals surface area contributed by atoms with Crippen molar-refractivity contribution in [3.8, 4) is 11.5 Å². The molecular formula is C21H21NO6. The Labute approximate surface area is 160 Å². The Hall–Kier alpha value is -3.03. The molecule has 0 fully saturated rings. The van der Waals surface area contributed by atoms with E-state index in [1.165, 1.54) is 0 Å². The summed E-state index contributed by atoms with van der Waals surface area (Å²) in [6.45, 7) is 0.943. The van der Waals surface area contributed by atoms with Gasteiger partial charge in [0.15, 0.2) is 0 Å². The number of rotatable bonds is 8. The summed E-state index contributed by atoms with van der Waals surface area (Å²) >= 11 is 0. The number of benzene rings is 2. The van der Waals surface area contributed by atoms with E-state index in [1.54, 1.807) is 18.2 Å². The SMILES string of the molecule is O=c1[nH]c2cc(OCCCO)ccc2c2oc3cc(OCCCO)ccc3c12. The maximum atomic E-state index is 12.7. The zero-order valence-corrected chi connectivity index (χ0v) is 15.2. The summed E-state index contributed by atoms with van der Waals surface area (Å²) in [6, 6.07) is 10.8. The summed E-state index contributed by atoms with van der Waals surface area (Å²) in [4.78, 5) is 15.6. The van der Waals surface area contributed by atoms with E-state index in [2.05, 4.69) is 4.98 Å². The quantitative estimate of drug-likeness (QED) is 0.404. The molecule has 0 radical (unpaired) electrons. The van der Waals surface area contributed by atoms with Crippen LogP contribution in [0.2, 0.25) is 0 Å². The molecule has 7 heteroatoms. The minimum absolute atomic E-state index is 0.0652. The highest BCUT2D eigenvalue weighted by Crippen LogP contribution is 2.33. The van der Waals surface area contributed by atoms with Crippen LogP contribution >= 0.6 is 0 Å². The van der Waals surface area contributed by atoms with E-state index < -0.39 is 0 Å². The van der Waals surface area contributed by atoms with Gasteiger partial charge in [-0.05, 0) is 24.3 Å². The number of aliphatic hydroxyl groups is 2. The standard InChI is InChI=1S/C21H21NO6/c23-7-1-9-26-13-3-5-15-17(11-13)22-21(25)19-16-6-4-14(27-10-2-8-24)12-18(16)28-20(15)19/h3-6,11-12,23-24H,1-2,7-10H2,(H,22,25). The molecule has 0 bridgehead atoms. The number of furan rings is 1. The maximum Gasteiger partial charge on any atom is 0.260 e. The third kappa shape index (κ3) is 3.42. The Morgan fingerprint density at radius 2 is 1.54 bits per heavy atom. The van der Waals surface area contributed by atoms with Crippen LogP contribution in [-0.2, 0) is 0 Å². The molecule has 0 aliphatic rings. The lowest BCUT2D eigenvalue weighted by Gasteiger charge is -2.06. The molecule has 2 aromatic heterocycles. The highest BCUT2D eigenvalue weighted by molar-refractivity contribution is 6.13. The van der Waals surface area contributed by atoms with Crippen LogP contribution in [0.1, 0.15) is 12.8 Å². The minimum Gasteiger partial charge on any atom is -0.493 e. The predicted octanol–water partition coefficient (Wildman–Crippen LogP) is 2.95. The number of nitrogens with one attached hydrogen (secondary N) is 1. The zero-order chi connectivity index (χ0) is 19.5. The first-order valence-electron chi connectivity index (χ1n) is 9.21. The first kappa shape index (κ1) is 18.3. The molecule has 2 aromatic carbocycles. The summed E-state index contributed by atoms with van der Waals surface area (Å²) in [6.07, 6.45) is 1.09. The Kier molecular flexibility index (Phi) is 5.18. The molecule has 0 saturated carbocycles. The molecule has 0 atom stereocenters. The zero-order valence-electron chi connectivity index (χ0n) is 15.2. The number of fused-ring (bicyclic) bond motifs is 5. The topological polar surface area (TPSA) is 105 Å². The van der Waals surface area contributed by atoms with Crippen LogP contribution < -0.4 is 15.0 Å². The van der Waals surface area contributed by atoms with Crippen LogP contribution in [-0.4, -0.2) is 41.6 Å². The first-order valence-corrected chi connectivity index (χ1v) is 9.21. The summed E-state index contributed by atoms with van der Waals surface area (Å²) in [7, 11) is 0. The van der Waals surface area contributed by atoms with Crippen LogP contribution in [0.15, 0.2) is 45.6 Å². The molecule has 0 saturated heterocycles. The lowest BCUT2D eigenvalue weighted by Crippen LogP contribution is -2.06. The van der Waals surface area contributed by atoms with E-state index in [0.29, 0.717) is 59.6 Å². The van der Waals surface area contributed by atoms with Crippen molar-refractivity contribution in [2.24, 2.45) is 0 Å². The lowest BCUT2D eigenvalue weighted by molar-refractivity contribution is 0.233. The van der Waals surface area contributed by atoms with Gasteiger partial charge in [0, 0.05) is 49.0 Å². The maximum absolute atomic E-state index is 12.7. The number of pyridine rings is 1. The van der Waals surface area contributed by atoms with E-state index in [4.69, 9.17) is 24.1 Å². The van der Waals surface area contributed by atoms with E-state index in [9.17, 15) is 4.79 Å². The summed E-state index contributed by atoms with van der Waals surface area (Å²) in [5.74, 6) is 1.24. The molecule has 28 heavy (non-hydrogen) atoms. The monoisotopic (exact) mass is 383 g/mol. The average molecular weight is 383 g/mol. The predicted molar refractivity (Wildman–Crippen MR) is 106 cm³/mol. The fourth-order valence-corrected chi connectivity index (χ4v) is 3.19. The first-order chi connectivity index (χ1) is 13.7. The normalized spacial score (nSPS) is 11.5. The molecule has 0 aliphatic carbocycles. The Balaban J connectivity index is 1.78. The minimum atomic E-state index is -0.234. The molecule has 0 amide bonds. The van der Waals surface area contributed by atoms with E-state index in [0.717, 1.165) is 10.8 Å². The van der Waals surface area contributed by atoms with Crippen molar-refractivity contribution in [1.29, 1.82) is 0 Å². The van der Waals surface area contributed by atoms with E-state index >= 15 is 0 Å². The molecule has 3 N–H and O–H groups in total. The fraction of sp³-hybridized carbons (Fsp3) is 0.286. The van der Waals surface area contributed by atoms with Crippen LogP contribution in [0, 0.1) is 0 Å². The van der Waals surface area contributed by atoms with Gasteiger partial charge in [-0.2, -0.15) is 0 Å². The van der Waals surface area contributed by atoms with Crippen LogP contribution in [0.4, 0.5) is 0 Å². The Bertz CT molecular complexity index is 1180. The van der Waals surface area contributed by atoms with Crippen molar-refractivity contribution in [2.45, 2.75) is 12.8 Å². The van der Waals surface area contributed by atoms with Crippen molar-refractivity contribution in [1.82, 2.24) is 4.98 Å². The van der Waals surface area contributed by atoms with E-state index in [1.807, 2.05) is 18.2 Å². The second-order valence-electron chi connectivity index (χ2n) is 6.48. The molecule has 4 rings (SSSR count). The third-order valence-corrected chi connectivity index (χ3v) is 4.51. The van der Waals surface area contributed by atoms with Gasteiger partial charge in [0.1, 0.15) is 22.7 Å². The van der Waals surface area contributed by atoms with Crippen molar-refractivity contribution in [3.63, 3.8) is 0 Å². The Morgan fingerprint density at radius 3 is 2.21 bits per heavy atom. The number of aliphatic hydroxyl groups excluding tert-OH is 2. The van der Waals surface area contributed by atoms with Gasteiger partial charge in [-0.15, -0.1) is 0 Å². The molecule has 0 spiro atoms. The second-order valence-corrected chi connectivity index (χ2v) is 6.48. The van der Waals surface area contributed by atoms with Crippen LogP contribution in [0.25, 0.3) is 32.8 Å². The number of aromatic amines is 1. The number of H-pyrrole nitrogens is 1. The molecule has 4 aromatic rings. The lowest BCUT2D eigenvalue weighted by atomic mass is 10.1. The molecule has 146 valence electrons. The summed E-state index contributed by atoms with van der Waals surface area (Å²) < 4.78 is 17.2. The fourth-order valence-electron chi connectivity index (χ4n) is 3.19. The van der Waals surface area contributed by atoms with E-state index in [-0.39, 0.29) is 18.8 Å². The van der Waals surface area contributed by atoms with Gasteiger partial charge in [-0.1, -0.05) is 0 Å². The smallest absolute Gasteiger partial charge is 0.260 e. The van der Waals surface area contributed by atoms with Crippen molar-refractivity contribution >= 4 is 32.8 Å². The van der Waals surface area contributed by atoms with Gasteiger partial charge >= 0.3 is 0 Å². The van der Waals surface area contributed by atoms with Crippen molar-refractivity contribution in [2.75, 3.05) is 26.4 Å². The molecular weight excluding hydrogens is 362 g/mol. The summed E-state index contributed by atoms with van der Waals surface area (Å²) in [5.41, 5.74) is 1.47. The van der Waals surface area contributed by atoms with Crippen molar-refractivity contribution in [3.05, 3.63) is 46.8 Å². The Morgan fingerprint density at radius 1 is 0.893 bits per heavy atom. The molecule has 0 unspecified atom stereocenters. The molecule has 0 aliphatic heterocycles. The third-order valence-electron chi connectivity index (χ3n) is 4.51. The van der Waals surface area contributed by atoms with Gasteiger partial charge in [0.2, 0.25) is 0 Å². The van der Waals surface area contributed by atoms with Gasteiger partial charge < -0.3 is 29.1 Å². The highest BCUT2D eigenvalue weighted by atomic mass is 16.5. The van der Waals surface area contributed by atoms with Crippen LogP contribution in [0.5, 0.6) is 11.5 Å². The number of hydrogen-bond acceptors (Lipinski definition) is 6. The second kappa shape index (κ2) is 7.92. The van der Waals surface area contributed by atoms with Gasteiger partial charge in [0.25, 0.3) is 5.56 Å². The van der Waals surface area contributed by atoms with Gasteiger partial charge in [-0.3, -0.25) is 4.79 Å². The number of ether oxygens (including phenoxy) is 2. The number of hydrogen-bond donors (Lipinski definition) is 3.